The van der Waals surface area contributed by atoms with Crippen molar-refractivity contribution in [1.82, 2.24) is 3.71 Å². The molecule has 0 N–H and O–H groups in total. The number of carbonyl (C=O) groups excluding carboxylic acids is 2. The van der Waals surface area contributed by atoms with Crippen LogP contribution in [0.4, 0.5) is 13.2 Å². The standard InChI is InChI=1S/C11H18F3NO7S2/c1-7(16)10(5,8(17)22-9(2,3)4)6-15(23(18)19)24(20,21)11(12,13)14/h23H,6H2,1-5H3. The van der Waals surface area contributed by atoms with Crippen molar-refractivity contribution in [3.63, 3.8) is 0 Å². The number of esters is 1. The average Bonchev–Trinajstić information content (AvgIpc) is 2.30. The molecular weight excluding hydrogens is 379 g/mol. The lowest BCUT2D eigenvalue weighted by molar-refractivity contribution is -0.169. The first-order valence-electron chi connectivity index (χ1n) is 6.34. The Hall–Kier alpha value is -1.21. The highest BCUT2D eigenvalue weighted by Gasteiger charge is 2.55. The summed E-state index contributed by atoms with van der Waals surface area (Å²) in [6.07, 6.45) is 0. The van der Waals surface area contributed by atoms with Gasteiger partial charge in [-0.2, -0.15) is 13.2 Å². The highest BCUT2D eigenvalue weighted by molar-refractivity contribution is 7.98. The zero-order valence-corrected chi connectivity index (χ0v) is 15.2. The van der Waals surface area contributed by atoms with Crippen LogP contribution in [0.1, 0.15) is 34.6 Å². The van der Waals surface area contributed by atoms with Gasteiger partial charge in [-0.3, -0.25) is 9.59 Å². The van der Waals surface area contributed by atoms with E-state index in [1.807, 2.05) is 0 Å². The minimum absolute atomic E-state index is 0.806. The van der Waals surface area contributed by atoms with Crippen LogP contribution in [0.15, 0.2) is 0 Å². The summed E-state index contributed by atoms with van der Waals surface area (Å²) in [6, 6.07) is 0. The summed E-state index contributed by atoms with van der Waals surface area (Å²) in [4.78, 5) is 23.8. The molecule has 13 heteroatoms. The Morgan fingerprint density at radius 3 is 1.75 bits per heavy atom. The Labute approximate surface area is 139 Å². The molecule has 0 bridgehead atoms. The van der Waals surface area contributed by atoms with E-state index in [9.17, 15) is 39.6 Å². The van der Waals surface area contributed by atoms with E-state index in [-0.39, 0.29) is 0 Å². The maximum Gasteiger partial charge on any atom is 0.512 e. The van der Waals surface area contributed by atoms with E-state index >= 15 is 0 Å². The van der Waals surface area contributed by atoms with Gasteiger partial charge in [-0.1, -0.05) is 3.71 Å². The first-order chi connectivity index (χ1) is 10.4. The zero-order chi connectivity index (χ0) is 19.7. The number of hydrogen-bond acceptors (Lipinski definition) is 7. The van der Waals surface area contributed by atoms with E-state index in [1.165, 1.54) is 20.8 Å². The molecule has 0 saturated carbocycles. The van der Waals surface area contributed by atoms with Crippen LogP contribution < -0.4 is 0 Å². The Balaban J connectivity index is 6.05. The minimum atomic E-state index is -6.30. The SMILES string of the molecule is CC(=O)C(C)(CN([SH](=O)=O)S(=O)(=O)C(F)(F)F)C(=O)OC(C)(C)C. The molecule has 0 spiro atoms. The van der Waals surface area contributed by atoms with Gasteiger partial charge in [0.25, 0.3) is 0 Å². The fraction of sp³-hybridized carbons (Fsp3) is 0.818. The number of rotatable bonds is 6. The van der Waals surface area contributed by atoms with E-state index in [2.05, 4.69) is 0 Å². The number of hydrogen-bond donors (Lipinski definition) is 1. The van der Waals surface area contributed by atoms with Gasteiger partial charge >= 0.3 is 21.5 Å². The van der Waals surface area contributed by atoms with E-state index in [0.717, 1.165) is 13.8 Å². The van der Waals surface area contributed by atoms with Gasteiger partial charge in [-0.25, -0.2) is 16.8 Å². The number of thiol groups is 1. The van der Waals surface area contributed by atoms with Gasteiger partial charge in [-0.05, 0) is 34.6 Å². The molecule has 0 aromatic heterocycles. The number of ether oxygens (including phenoxy) is 1. The second-order valence-electron chi connectivity index (χ2n) is 6.06. The van der Waals surface area contributed by atoms with E-state index in [4.69, 9.17) is 4.74 Å². The van der Waals surface area contributed by atoms with Gasteiger partial charge in [0, 0.05) is 0 Å². The van der Waals surface area contributed by atoms with Crippen LogP contribution in [-0.4, -0.2) is 50.0 Å². The third-order valence-electron chi connectivity index (χ3n) is 2.83. The van der Waals surface area contributed by atoms with Crippen LogP contribution in [0, 0.1) is 5.41 Å². The highest BCUT2D eigenvalue weighted by Crippen LogP contribution is 2.31. The van der Waals surface area contributed by atoms with Crippen molar-refractivity contribution in [2.75, 3.05) is 6.54 Å². The van der Waals surface area contributed by atoms with Crippen LogP contribution in [-0.2, 0) is 35.2 Å². The Morgan fingerprint density at radius 1 is 1.08 bits per heavy atom. The number of alkyl halides is 3. The monoisotopic (exact) mass is 397 g/mol. The van der Waals surface area contributed by atoms with Crippen molar-refractivity contribution in [3.8, 4) is 0 Å². The second kappa shape index (κ2) is 6.96. The van der Waals surface area contributed by atoms with Crippen LogP contribution in [0.2, 0.25) is 0 Å². The number of carbonyl (C=O) groups is 2. The molecule has 0 rings (SSSR count). The van der Waals surface area contributed by atoms with Crippen molar-refractivity contribution in [1.29, 1.82) is 0 Å². The number of ketones is 1. The molecular formula is C11H18F3NO7S2. The third-order valence-corrected chi connectivity index (χ3v) is 5.65. The molecule has 0 aliphatic rings. The molecule has 0 fully saturated rings. The molecule has 0 aromatic carbocycles. The lowest BCUT2D eigenvalue weighted by atomic mass is 9.86. The predicted molar refractivity (Wildman–Crippen MR) is 76.6 cm³/mol. The average molecular weight is 397 g/mol. The molecule has 0 amide bonds. The number of nitrogens with zero attached hydrogens (tertiary/aromatic N) is 1. The molecule has 0 radical (unpaired) electrons. The van der Waals surface area contributed by atoms with Crippen molar-refractivity contribution >= 4 is 32.7 Å². The van der Waals surface area contributed by atoms with Crippen LogP contribution in [0.25, 0.3) is 0 Å². The maximum absolute atomic E-state index is 12.6. The van der Waals surface area contributed by atoms with Gasteiger partial charge in [0.2, 0.25) is 10.9 Å². The van der Waals surface area contributed by atoms with Crippen LogP contribution in [0.3, 0.4) is 0 Å². The molecule has 1 atom stereocenters. The Kier molecular flexibility index (Phi) is 6.61. The van der Waals surface area contributed by atoms with Gasteiger partial charge in [0.1, 0.15) is 16.8 Å². The number of halogens is 3. The van der Waals surface area contributed by atoms with E-state index < -0.39 is 59.4 Å². The second-order valence-corrected chi connectivity index (χ2v) is 9.14. The van der Waals surface area contributed by atoms with Crippen molar-refractivity contribution in [2.45, 2.75) is 45.7 Å². The molecule has 0 heterocycles. The topological polar surface area (TPSA) is 115 Å². The Bertz CT molecular complexity index is 683. The first-order valence-corrected chi connectivity index (χ1v) is 8.91. The summed E-state index contributed by atoms with van der Waals surface area (Å²) >= 11 is 0. The number of Topliss-reactive ketones (excluding diaryl/α,β-unsaturated/α-hetero) is 1. The van der Waals surface area contributed by atoms with Gasteiger partial charge in [-0.15, -0.1) is 0 Å². The summed E-state index contributed by atoms with van der Waals surface area (Å²) < 4.78 is 86.5. The summed E-state index contributed by atoms with van der Waals surface area (Å²) in [5.41, 5.74) is -9.50. The first kappa shape index (κ1) is 22.8. The number of sulfonamides is 1. The van der Waals surface area contributed by atoms with Crippen LogP contribution in [0.5, 0.6) is 0 Å². The largest absolute Gasteiger partial charge is 0.512 e. The van der Waals surface area contributed by atoms with Crippen molar-refractivity contribution in [2.24, 2.45) is 5.41 Å². The van der Waals surface area contributed by atoms with Gasteiger partial charge in [0.05, 0.1) is 6.54 Å². The predicted octanol–water partition coefficient (Wildman–Crippen LogP) is 0.601. The van der Waals surface area contributed by atoms with Gasteiger partial charge in [0.15, 0.2) is 0 Å². The zero-order valence-electron chi connectivity index (χ0n) is 13.5. The molecule has 0 saturated heterocycles. The fourth-order valence-electron chi connectivity index (χ4n) is 1.33. The van der Waals surface area contributed by atoms with Crippen LogP contribution >= 0.6 is 0 Å². The molecule has 0 aromatic rings. The lowest BCUT2D eigenvalue weighted by Gasteiger charge is -2.31. The lowest BCUT2D eigenvalue weighted by Crippen LogP contribution is -2.51. The van der Waals surface area contributed by atoms with Crippen molar-refractivity contribution in [3.05, 3.63) is 0 Å². The quantitative estimate of drug-likeness (QED) is 0.396. The summed E-state index contributed by atoms with van der Waals surface area (Å²) in [5.74, 6) is -2.40. The normalized spacial score (nSPS) is 16.1. The molecule has 1 unspecified atom stereocenters. The smallest absolute Gasteiger partial charge is 0.459 e. The van der Waals surface area contributed by atoms with Gasteiger partial charge < -0.3 is 4.74 Å². The molecule has 0 aliphatic carbocycles. The van der Waals surface area contributed by atoms with E-state index in [0.29, 0.717) is 0 Å². The molecule has 142 valence electrons. The third kappa shape index (κ3) is 5.14. The van der Waals surface area contributed by atoms with Crippen molar-refractivity contribution < 1.29 is 44.3 Å². The maximum atomic E-state index is 12.6. The van der Waals surface area contributed by atoms with E-state index in [1.54, 1.807) is 0 Å². The highest BCUT2D eigenvalue weighted by atomic mass is 32.3. The molecule has 0 aliphatic heterocycles. The minimum Gasteiger partial charge on any atom is -0.459 e. The summed E-state index contributed by atoms with van der Waals surface area (Å²) in [6.45, 7) is 4.27. The molecule has 8 nitrogen and oxygen atoms in total. The molecule has 24 heavy (non-hydrogen) atoms. The summed E-state index contributed by atoms with van der Waals surface area (Å²) in [7, 11) is -10.6. The Morgan fingerprint density at radius 2 is 1.50 bits per heavy atom. The summed E-state index contributed by atoms with van der Waals surface area (Å²) in [5, 5.41) is 0. The fourth-order valence-corrected chi connectivity index (χ4v) is 3.38.